The molecule has 13 heteroatoms. The predicted molar refractivity (Wildman–Crippen MR) is 209 cm³/mol. The minimum Gasteiger partial charge on any atom is -0.372 e. The van der Waals surface area contributed by atoms with E-state index < -0.39 is 0 Å². The summed E-state index contributed by atoms with van der Waals surface area (Å²) in [5.41, 5.74) is 4.38. The van der Waals surface area contributed by atoms with E-state index in [4.69, 9.17) is 4.98 Å². The maximum Gasteiger partial charge on any atom is 0.263 e. The topological polar surface area (TPSA) is 146 Å². The normalized spacial score (nSPS) is 20.4. The van der Waals surface area contributed by atoms with E-state index in [-0.39, 0.29) is 40.7 Å². The number of imide groups is 1. The fourth-order valence-electron chi connectivity index (χ4n) is 8.95. The molecule has 1 saturated carbocycles. The summed E-state index contributed by atoms with van der Waals surface area (Å²) in [6, 6.07) is 12.3. The second-order valence-electron chi connectivity index (χ2n) is 15.4. The van der Waals surface area contributed by atoms with Gasteiger partial charge in [-0.15, -0.1) is 0 Å². The number of rotatable bonds is 9. The molecule has 4 aliphatic rings. The van der Waals surface area contributed by atoms with E-state index in [2.05, 4.69) is 53.5 Å². The van der Waals surface area contributed by atoms with Crippen LogP contribution in [-0.4, -0.2) is 87.8 Å². The molecular weight excluding hydrogens is 683 g/mol. The monoisotopic (exact) mass is 731 g/mol. The highest BCUT2D eigenvalue weighted by Gasteiger charge is 2.30. The number of ketones is 1. The second kappa shape index (κ2) is 15.3. The quantitative estimate of drug-likeness (QED) is 0.175. The Bertz CT molecular complexity index is 2110. The number of hydrogen-bond acceptors (Lipinski definition) is 11. The Morgan fingerprint density at radius 3 is 2.33 bits per heavy atom. The molecule has 1 aromatic carbocycles. The fraction of sp³-hybridized carbons (Fsp3) is 0.488. The van der Waals surface area contributed by atoms with Gasteiger partial charge in [-0.25, -0.2) is 9.97 Å². The van der Waals surface area contributed by atoms with Crippen molar-refractivity contribution in [1.82, 2.24) is 29.7 Å². The maximum atomic E-state index is 13.6. The second-order valence-corrected chi connectivity index (χ2v) is 15.4. The van der Waals surface area contributed by atoms with E-state index in [0.717, 1.165) is 107 Å². The summed E-state index contributed by atoms with van der Waals surface area (Å²) >= 11 is 0. The molecule has 4 aromatic rings. The first kappa shape index (κ1) is 35.8. The first-order valence-electron chi connectivity index (χ1n) is 19.5. The average molecular weight is 732 g/mol. The van der Waals surface area contributed by atoms with Crippen molar-refractivity contribution >= 4 is 51.8 Å². The number of fused-ring (bicyclic) bond motifs is 1. The van der Waals surface area contributed by atoms with Crippen LogP contribution in [0.3, 0.4) is 0 Å². The number of aryl methyl sites for hydroxylation is 1. The van der Waals surface area contributed by atoms with Gasteiger partial charge < -0.3 is 15.1 Å². The van der Waals surface area contributed by atoms with Crippen molar-refractivity contribution in [2.75, 3.05) is 60.9 Å². The number of carbonyl (C=O) groups excluding carboxylic acids is 3. The Kier molecular flexibility index (Phi) is 10.1. The first-order valence-corrected chi connectivity index (χ1v) is 19.5. The molecule has 1 atom stereocenters. The molecule has 6 heterocycles. The highest BCUT2D eigenvalue weighted by molar-refractivity contribution is 6.01. The van der Waals surface area contributed by atoms with Crippen LogP contribution in [0.1, 0.15) is 91.7 Å². The number of benzene rings is 1. The molecule has 3 saturated heterocycles. The number of piperidine rings is 2. The third-order valence-corrected chi connectivity index (χ3v) is 12.0. The number of piperazine rings is 1. The number of pyridine rings is 2. The van der Waals surface area contributed by atoms with E-state index in [9.17, 15) is 19.2 Å². The first-order chi connectivity index (χ1) is 26.2. The van der Waals surface area contributed by atoms with Crippen LogP contribution in [-0.2, 0) is 9.59 Å². The SMILES string of the molecule is CC(=O)c1c(C)c2cnc(Nc3ccc(N4CCN(CC5CCN(c6cccc([C@H]7CCC(=O)NC7=O)c6)CC5)CC4)cn3)nc2n(C2CCCC2)c1=O. The van der Waals surface area contributed by atoms with Gasteiger partial charge in [0.05, 0.1) is 23.4 Å². The van der Waals surface area contributed by atoms with Gasteiger partial charge in [-0.2, -0.15) is 4.98 Å². The molecule has 1 aliphatic carbocycles. The van der Waals surface area contributed by atoms with Gasteiger partial charge in [0.2, 0.25) is 17.8 Å². The molecule has 54 heavy (non-hydrogen) atoms. The van der Waals surface area contributed by atoms with Crippen LogP contribution in [0.5, 0.6) is 0 Å². The van der Waals surface area contributed by atoms with Crippen molar-refractivity contribution in [3.05, 3.63) is 75.8 Å². The fourth-order valence-corrected chi connectivity index (χ4v) is 8.95. The van der Waals surface area contributed by atoms with Gasteiger partial charge in [0.15, 0.2) is 5.78 Å². The summed E-state index contributed by atoms with van der Waals surface area (Å²) in [4.78, 5) is 71.5. The molecule has 0 bridgehead atoms. The number of hydrogen-bond donors (Lipinski definition) is 2. The smallest absolute Gasteiger partial charge is 0.263 e. The number of anilines is 4. The van der Waals surface area contributed by atoms with E-state index >= 15 is 0 Å². The lowest BCUT2D eigenvalue weighted by atomic mass is 9.90. The van der Waals surface area contributed by atoms with Gasteiger partial charge in [0.25, 0.3) is 5.56 Å². The molecule has 0 unspecified atom stereocenters. The predicted octanol–water partition coefficient (Wildman–Crippen LogP) is 5.12. The Hall–Kier alpha value is -5.17. The molecule has 0 spiro atoms. The zero-order valence-electron chi connectivity index (χ0n) is 31.2. The molecular formula is C41H49N9O4. The lowest BCUT2D eigenvalue weighted by Gasteiger charge is -2.40. The van der Waals surface area contributed by atoms with Crippen LogP contribution in [0.4, 0.5) is 23.1 Å². The summed E-state index contributed by atoms with van der Waals surface area (Å²) in [5, 5.41) is 6.44. The van der Waals surface area contributed by atoms with E-state index in [0.29, 0.717) is 41.7 Å². The van der Waals surface area contributed by atoms with Gasteiger partial charge in [-0.05, 0) is 87.3 Å². The Morgan fingerprint density at radius 1 is 0.870 bits per heavy atom. The van der Waals surface area contributed by atoms with Gasteiger partial charge >= 0.3 is 0 Å². The van der Waals surface area contributed by atoms with Gasteiger partial charge in [0.1, 0.15) is 11.5 Å². The van der Waals surface area contributed by atoms with E-state index in [1.165, 1.54) is 6.92 Å². The zero-order chi connectivity index (χ0) is 37.3. The summed E-state index contributed by atoms with van der Waals surface area (Å²) in [6.07, 6.45) is 10.7. The summed E-state index contributed by atoms with van der Waals surface area (Å²) < 4.78 is 1.73. The molecule has 13 nitrogen and oxygen atoms in total. The number of nitrogens with one attached hydrogen (secondary N) is 2. The molecule has 4 fully saturated rings. The number of aromatic nitrogens is 4. The minimum atomic E-state index is -0.261. The molecule has 2 amide bonds. The summed E-state index contributed by atoms with van der Waals surface area (Å²) in [7, 11) is 0. The molecule has 8 rings (SSSR count). The van der Waals surface area contributed by atoms with Crippen molar-refractivity contribution in [3.63, 3.8) is 0 Å². The van der Waals surface area contributed by atoms with Crippen LogP contribution in [0.2, 0.25) is 0 Å². The third-order valence-electron chi connectivity index (χ3n) is 12.0. The highest BCUT2D eigenvalue weighted by Crippen LogP contribution is 2.33. The van der Waals surface area contributed by atoms with Crippen LogP contribution in [0.15, 0.2) is 53.6 Å². The van der Waals surface area contributed by atoms with Crippen LogP contribution in [0.25, 0.3) is 11.0 Å². The van der Waals surface area contributed by atoms with Gasteiger partial charge in [-0.1, -0.05) is 25.0 Å². The van der Waals surface area contributed by atoms with Crippen LogP contribution in [0, 0.1) is 12.8 Å². The molecule has 3 aromatic heterocycles. The average Bonchev–Trinajstić information content (AvgIpc) is 3.70. The van der Waals surface area contributed by atoms with Crippen LogP contribution < -0.4 is 26.0 Å². The van der Waals surface area contributed by atoms with Gasteiger partial charge in [0, 0.05) is 75.5 Å². The third kappa shape index (κ3) is 7.33. The van der Waals surface area contributed by atoms with Crippen molar-refractivity contribution in [2.45, 2.75) is 77.2 Å². The van der Waals surface area contributed by atoms with Crippen molar-refractivity contribution in [2.24, 2.45) is 5.92 Å². The lowest BCUT2D eigenvalue weighted by Crippen LogP contribution is -2.49. The number of carbonyl (C=O) groups is 3. The largest absolute Gasteiger partial charge is 0.372 e. The number of amides is 2. The van der Waals surface area contributed by atoms with Gasteiger partial charge in [-0.3, -0.25) is 34.0 Å². The van der Waals surface area contributed by atoms with Crippen molar-refractivity contribution < 1.29 is 14.4 Å². The molecule has 3 aliphatic heterocycles. The summed E-state index contributed by atoms with van der Waals surface area (Å²) in [6.45, 7) is 10.2. The molecule has 0 radical (unpaired) electrons. The highest BCUT2D eigenvalue weighted by atomic mass is 16.2. The maximum absolute atomic E-state index is 13.6. The zero-order valence-corrected chi connectivity index (χ0v) is 31.2. The summed E-state index contributed by atoms with van der Waals surface area (Å²) in [5.74, 6) is 0.790. The Labute approximate surface area is 315 Å². The van der Waals surface area contributed by atoms with E-state index in [1.54, 1.807) is 17.7 Å². The molecule has 282 valence electrons. The van der Waals surface area contributed by atoms with Crippen molar-refractivity contribution in [1.29, 1.82) is 0 Å². The van der Waals surface area contributed by atoms with E-state index in [1.807, 2.05) is 24.4 Å². The Morgan fingerprint density at radius 2 is 1.63 bits per heavy atom. The number of Topliss-reactive ketones (excluding diaryl/α,β-unsaturated/α-hetero) is 1. The standard InChI is InChI=1S/C41H49N9O4/c1-26-34-24-43-41(46-38(34)50(30-7-3-4-8-30)40(54)37(26)27(2)51)44-35-12-10-32(23-42-35)49-20-18-47(19-21-49)25-28-14-16-48(17-15-28)31-9-5-6-29(22-31)33-11-13-36(52)45-39(33)53/h5-6,9-10,12,22-24,28,30,33H,3-4,7-8,11,13-21,25H2,1-2H3,(H,45,52,53)(H,42,43,44,46)/t33-/m1/s1. The van der Waals surface area contributed by atoms with Crippen LogP contribution >= 0.6 is 0 Å². The lowest BCUT2D eigenvalue weighted by molar-refractivity contribution is -0.134. The number of nitrogens with zero attached hydrogens (tertiary/aromatic N) is 7. The Balaban J connectivity index is 0.843. The minimum absolute atomic E-state index is 0.0239. The molecule has 2 N–H and O–H groups in total. The van der Waals surface area contributed by atoms with Crippen molar-refractivity contribution in [3.8, 4) is 0 Å².